The molecule has 0 spiro atoms. The van der Waals surface area contributed by atoms with Gasteiger partial charge in [-0.3, -0.25) is 4.79 Å². The van der Waals surface area contributed by atoms with Gasteiger partial charge in [-0.1, -0.05) is 0 Å². The van der Waals surface area contributed by atoms with Crippen LogP contribution in [0, 0.1) is 6.92 Å². The van der Waals surface area contributed by atoms with E-state index in [0.717, 1.165) is 16.9 Å². The quantitative estimate of drug-likeness (QED) is 0.640. The fourth-order valence-electron chi connectivity index (χ4n) is 2.33. The highest BCUT2D eigenvalue weighted by Gasteiger charge is 2.07. The average Bonchev–Trinajstić information content (AvgIpc) is 2.59. The predicted molar refractivity (Wildman–Crippen MR) is 94.3 cm³/mol. The Hall–Kier alpha value is -2.89. The van der Waals surface area contributed by atoms with Crippen molar-refractivity contribution >= 4 is 5.91 Å². The number of rotatable bonds is 8. The van der Waals surface area contributed by atoms with Crippen LogP contribution in [0.4, 0.5) is 0 Å². The third-order valence-corrected chi connectivity index (χ3v) is 3.65. The zero-order chi connectivity index (χ0) is 18.2. The monoisotopic (exact) mass is 345 g/mol. The molecular formula is C19H23NO5. The van der Waals surface area contributed by atoms with Crippen molar-refractivity contribution in [2.45, 2.75) is 20.3 Å². The highest BCUT2D eigenvalue weighted by atomic mass is 16.5. The minimum absolute atomic E-state index is 0.0756. The lowest BCUT2D eigenvalue weighted by Crippen LogP contribution is -2.30. The number of hydrogen-bond donors (Lipinski definition) is 3. The summed E-state index contributed by atoms with van der Waals surface area (Å²) in [5.74, 6) is 0.819. The number of phenolic OH excluding ortho intramolecular Hbond substituents is 2. The first-order valence-corrected chi connectivity index (χ1v) is 8.13. The molecule has 0 fully saturated rings. The minimum Gasteiger partial charge on any atom is -0.504 e. The Balaban J connectivity index is 1.74. The average molecular weight is 345 g/mol. The summed E-state index contributed by atoms with van der Waals surface area (Å²) >= 11 is 0. The zero-order valence-electron chi connectivity index (χ0n) is 14.4. The maximum absolute atomic E-state index is 11.8. The smallest absolute Gasteiger partial charge is 0.257 e. The van der Waals surface area contributed by atoms with Gasteiger partial charge >= 0.3 is 0 Å². The fourth-order valence-corrected chi connectivity index (χ4v) is 2.33. The summed E-state index contributed by atoms with van der Waals surface area (Å²) in [6, 6.07) is 10.1. The Bertz CT molecular complexity index is 712. The van der Waals surface area contributed by atoms with Gasteiger partial charge in [-0.15, -0.1) is 0 Å². The van der Waals surface area contributed by atoms with Crippen molar-refractivity contribution in [3.8, 4) is 23.0 Å². The van der Waals surface area contributed by atoms with Crippen molar-refractivity contribution in [3.63, 3.8) is 0 Å². The molecule has 0 saturated carbocycles. The molecule has 0 radical (unpaired) electrons. The molecule has 1 amide bonds. The molecule has 25 heavy (non-hydrogen) atoms. The molecule has 0 aromatic heterocycles. The number of aryl methyl sites for hydroxylation is 1. The third kappa shape index (κ3) is 5.60. The van der Waals surface area contributed by atoms with Gasteiger partial charge in [0.05, 0.1) is 6.61 Å². The third-order valence-electron chi connectivity index (χ3n) is 3.65. The number of nitrogens with one attached hydrogen (secondary N) is 1. The minimum atomic E-state index is -0.227. The van der Waals surface area contributed by atoms with Crippen molar-refractivity contribution in [1.29, 1.82) is 0 Å². The van der Waals surface area contributed by atoms with Gasteiger partial charge in [0, 0.05) is 6.54 Å². The Kier molecular flexibility index (Phi) is 6.51. The number of hydrogen-bond acceptors (Lipinski definition) is 5. The molecule has 2 rings (SSSR count). The van der Waals surface area contributed by atoms with E-state index in [1.807, 2.05) is 13.8 Å². The largest absolute Gasteiger partial charge is 0.504 e. The fraction of sp³-hybridized carbons (Fsp3) is 0.316. The van der Waals surface area contributed by atoms with E-state index in [2.05, 4.69) is 5.32 Å². The van der Waals surface area contributed by atoms with E-state index in [1.165, 1.54) is 12.1 Å². The molecule has 6 heteroatoms. The summed E-state index contributed by atoms with van der Waals surface area (Å²) in [4.78, 5) is 11.8. The van der Waals surface area contributed by atoms with Crippen molar-refractivity contribution in [1.82, 2.24) is 5.32 Å². The van der Waals surface area contributed by atoms with Gasteiger partial charge in [0.2, 0.25) is 0 Å². The van der Waals surface area contributed by atoms with Crippen LogP contribution >= 0.6 is 0 Å². The lowest BCUT2D eigenvalue weighted by molar-refractivity contribution is -0.123. The lowest BCUT2D eigenvalue weighted by atomic mass is 10.0. The molecule has 3 N–H and O–H groups in total. The number of benzene rings is 2. The van der Waals surface area contributed by atoms with Gasteiger partial charge in [-0.2, -0.15) is 0 Å². The van der Waals surface area contributed by atoms with Crippen molar-refractivity contribution in [2.24, 2.45) is 0 Å². The summed E-state index contributed by atoms with van der Waals surface area (Å²) in [7, 11) is 0. The number of ether oxygens (including phenoxy) is 2. The van der Waals surface area contributed by atoms with Gasteiger partial charge < -0.3 is 25.0 Å². The molecule has 0 bridgehead atoms. The number of carbonyl (C=O) groups is 1. The normalized spacial score (nSPS) is 10.3. The van der Waals surface area contributed by atoms with Crippen LogP contribution in [0.5, 0.6) is 23.0 Å². The Morgan fingerprint density at radius 1 is 1.04 bits per heavy atom. The molecular weight excluding hydrogens is 322 g/mol. The van der Waals surface area contributed by atoms with E-state index in [4.69, 9.17) is 9.47 Å². The summed E-state index contributed by atoms with van der Waals surface area (Å²) < 4.78 is 10.8. The second kappa shape index (κ2) is 8.82. The number of aromatic hydroxyl groups is 2. The second-order valence-electron chi connectivity index (χ2n) is 5.56. The van der Waals surface area contributed by atoms with Crippen LogP contribution in [0.25, 0.3) is 0 Å². The first kappa shape index (κ1) is 18.4. The Morgan fingerprint density at radius 3 is 2.28 bits per heavy atom. The first-order valence-electron chi connectivity index (χ1n) is 8.13. The van der Waals surface area contributed by atoms with E-state index in [0.29, 0.717) is 25.3 Å². The molecule has 2 aromatic rings. The number of phenols is 2. The van der Waals surface area contributed by atoms with E-state index in [-0.39, 0.29) is 24.0 Å². The molecule has 2 aromatic carbocycles. The predicted octanol–water partition coefficient (Wildman–Crippen LogP) is 2.54. The standard InChI is InChI=1S/C19H23NO5/c1-3-24-15-4-6-16(7-5-15)25-12-19(23)20-9-8-14-11-18(22)17(21)10-13(14)2/h4-7,10-11,21-22H,3,8-9,12H2,1-2H3,(H,20,23). The van der Waals surface area contributed by atoms with Crippen LogP contribution in [0.3, 0.4) is 0 Å². The van der Waals surface area contributed by atoms with Crippen LogP contribution in [0.2, 0.25) is 0 Å². The summed E-state index contributed by atoms with van der Waals surface area (Å²) in [5, 5.41) is 21.7. The molecule has 0 aliphatic rings. The van der Waals surface area contributed by atoms with Gasteiger partial charge in [0.1, 0.15) is 11.5 Å². The van der Waals surface area contributed by atoms with Crippen LogP contribution in [0.1, 0.15) is 18.1 Å². The number of amides is 1. The van der Waals surface area contributed by atoms with Gasteiger partial charge in [0.15, 0.2) is 18.1 Å². The highest BCUT2D eigenvalue weighted by Crippen LogP contribution is 2.28. The Labute approximate surface area is 147 Å². The van der Waals surface area contributed by atoms with E-state index < -0.39 is 0 Å². The van der Waals surface area contributed by atoms with Crippen molar-refractivity contribution in [3.05, 3.63) is 47.5 Å². The Morgan fingerprint density at radius 2 is 1.64 bits per heavy atom. The molecule has 0 aliphatic carbocycles. The SMILES string of the molecule is CCOc1ccc(OCC(=O)NCCc2cc(O)c(O)cc2C)cc1. The molecule has 0 unspecified atom stereocenters. The van der Waals surface area contributed by atoms with Gasteiger partial charge in [0.25, 0.3) is 5.91 Å². The lowest BCUT2D eigenvalue weighted by Gasteiger charge is -2.10. The van der Waals surface area contributed by atoms with E-state index >= 15 is 0 Å². The summed E-state index contributed by atoms with van der Waals surface area (Å²) in [6.45, 7) is 4.69. The summed E-state index contributed by atoms with van der Waals surface area (Å²) in [5.41, 5.74) is 1.72. The molecule has 0 heterocycles. The zero-order valence-corrected chi connectivity index (χ0v) is 14.4. The second-order valence-corrected chi connectivity index (χ2v) is 5.56. The van der Waals surface area contributed by atoms with Crippen LogP contribution < -0.4 is 14.8 Å². The number of carbonyl (C=O) groups excluding carboxylic acids is 1. The van der Waals surface area contributed by atoms with Crippen molar-refractivity contribution in [2.75, 3.05) is 19.8 Å². The van der Waals surface area contributed by atoms with Gasteiger partial charge in [-0.05, 0) is 67.8 Å². The molecule has 0 atom stereocenters. The van der Waals surface area contributed by atoms with E-state index in [1.54, 1.807) is 24.3 Å². The maximum Gasteiger partial charge on any atom is 0.257 e. The topological polar surface area (TPSA) is 88.0 Å². The highest BCUT2D eigenvalue weighted by molar-refractivity contribution is 5.77. The molecule has 0 aliphatic heterocycles. The van der Waals surface area contributed by atoms with Crippen molar-refractivity contribution < 1.29 is 24.5 Å². The van der Waals surface area contributed by atoms with Crippen LogP contribution in [-0.2, 0) is 11.2 Å². The first-order chi connectivity index (χ1) is 12.0. The molecule has 134 valence electrons. The molecule has 6 nitrogen and oxygen atoms in total. The summed E-state index contributed by atoms with van der Waals surface area (Å²) in [6.07, 6.45) is 0.550. The molecule has 0 saturated heterocycles. The maximum atomic E-state index is 11.8. The van der Waals surface area contributed by atoms with Crippen LogP contribution in [-0.4, -0.2) is 35.9 Å². The van der Waals surface area contributed by atoms with Gasteiger partial charge in [-0.25, -0.2) is 0 Å². The van der Waals surface area contributed by atoms with E-state index in [9.17, 15) is 15.0 Å². The van der Waals surface area contributed by atoms with Crippen LogP contribution in [0.15, 0.2) is 36.4 Å².